The van der Waals surface area contributed by atoms with Gasteiger partial charge in [-0.25, -0.2) is 8.42 Å². The molecule has 0 aliphatic carbocycles. The number of amides is 1. The van der Waals surface area contributed by atoms with Gasteiger partial charge in [0.05, 0.1) is 12.1 Å². The molecular formula is C20H30N4O4S. The van der Waals surface area contributed by atoms with Gasteiger partial charge in [-0.05, 0) is 39.4 Å². The van der Waals surface area contributed by atoms with Gasteiger partial charge < -0.3 is 9.84 Å². The van der Waals surface area contributed by atoms with Crippen LogP contribution in [0.15, 0.2) is 39.8 Å². The fourth-order valence-corrected chi connectivity index (χ4v) is 4.88. The summed E-state index contributed by atoms with van der Waals surface area (Å²) in [5.41, 5.74) is 1.36. The van der Waals surface area contributed by atoms with Gasteiger partial charge in [0.15, 0.2) is 5.76 Å². The first-order chi connectivity index (χ1) is 13.7. The van der Waals surface area contributed by atoms with E-state index < -0.39 is 22.0 Å². The van der Waals surface area contributed by atoms with E-state index in [4.69, 9.17) is 4.52 Å². The zero-order chi connectivity index (χ0) is 21.6. The summed E-state index contributed by atoms with van der Waals surface area (Å²) in [6, 6.07) is 9.00. The first kappa shape index (κ1) is 23.1. The lowest BCUT2D eigenvalue weighted by molar-refractivity contribution is -0.122. The molecule has 0 fully saturated rings. The molecule has 1 heterocycles. The Bertz CT molecular complexity index is 888. The number of hydrogen-bond acceptors (Lipinski definition) is 6. The van der Waals surface area contributed by atoms with Crippen LogP contribution >= 0.6 is 0 Å². The number of carbonyl (C=O) groups excluding carboxylic acids is 1. The lowest BCUT2D eigenvalue weighted by atomic mass is 10.0. The average Bonchev–Trinajstić information content (AvgIpc) is 3.04. The van der Waals surface area contributed by atoms with Crippen LogP contribution in [-0.4, -0.2) is 50.1 Å². The number of sulfonamides is 1. The Labute approximate surface area is 172 Å². The van der Waals surface area contributed by atoms with Gasteiger partial charge in [-0.1, -0.05) is 49.3 Å². The van der Waals surface area contributed by atoms with Crippen molar-refractivity contribution in [3.63, 3.8) is 0 Å². The van der Waals surface area contributed by atoms with Crippen LogP contribution in [0.5, 0.6) is 0 Å². The number of benzene rings is 1. The van der Waals surface area contributed by atoms with Crippen LogP contribution in [0.4, 0.5) is 0 Å². The van der Waals surface area contributed by atoms with E-state index >= 15 is 0 Å². The molecule has 1 aromatic carbocycles. The molecular weight excluding hydrogens is 392 g/mol. The molecule has 2 atom stereocenters. The number of aromatic nitrogens is 1. The maximum Gasteiger partial charge on any atom is 0.246 e. The molecule has 160 valence electrons. The molecule has 0 aliphatic heterocycles. The fraction of sp³-hybridized carbons (Fsp3) is 0.500. The van der Waals surface area contributed by atoms with Gasteiger partial charge in [-0.3, -0.25) is 9.69 Å². The first-order valence-corrected chi connectivity index (χ1v) is 11.2. The largest absolute Gasteiger partial charge is 0.360 e. The van der Waals surface area contributed by atoms with Gasteiger partial charge in [0.25, 0.3) is 0 Å². The number of nitrogens with zero attached hydrogens (tertiary/aromatic N) is 2. The minimum absolute atomic E-state index is 0.00141. The molecule has 8 nitrogen and oxygen atoms in total. The van der Waals surface area contributed by atoms with Crippen molar-refractivity contribution in [2.24, 2.45) is 0 Å². The molecule has 0 saturated carbocycles. The summed E-state index contributed by atoms with van der Waals surface area (Å²) in [7, 11) is -3.92. The minimum atomic E-state index is -3.92. The summed E-state index contributed by atoms with van der Waals surface area (Å²) in [6.45, 7) is 10.8. The van der Waals surface area contributed by atoms with Crippen molar-refractivity contribution in [1.29, 1.82) is 0 Å². The van der Waals surface area contributed by atoms with Crippen LogP contribution in [0.2, 0.25) is 0 Å². The van der Waals surface area contributed by atoms with Crippen LogP contribution in [0.25, 0.3) is 0 Å². The molecule has 9 heteroatoms. The Morgan fingerprint density at radius 3 is 2.31 bits per heavy atom. The van der Waals surface area contributed by atoms with Gasteiger partial charge in [-0.15, -0.1) is 0 Å². The normalized spacial score (nSPS) is 14.0. The Morgan fingerprint density at radius 2 is 1.79 bits per heavy atom. The zero-order valence-corrected chi connectivity index (χ0v) is 18.4. The highest BCUT2D eigenvalue weighted by atomic mass is 32.2. The van der Waals surface area contributed by atoms with Crippen LogP contribution in [0.3, 0.4) is 0 Å². The van der Waals surface area contributed by atoms with Crippen LogP contribution < -0.4 is 10.0 Å². The molecule has 29 heavy (non-hydrogen) atoms. The maximum absolute atomic E-state index is 12.6. The number of aryl methyl sites for hydroxylation is 2. The lowest BCUT2D eigenvalue weighted by Gasteiger charge is -2.30. The van der Waals surface area contributed by atoms with Gasteiger partial charge in [-0.2, -0.15) is 4.72 Å². The molecule has 1 amide bonds. The monoisotopic (exact) mass is 422 g/mol. The van der Waals surface area contributed by atoms with E-state index in [9.17, 15) is 13.2 Å². The Kier molecular flexibility index (Phi) is 7.95. The predicted octanol–water partition coefficient (Wildman–Crippen LogP) is 2.16. The van der Waals surface area contributed by atoms with Crippen LogP contribution in [-0.2, 0) is 14.8 Å². The Balaban J connectivity index is 2.08. The number of carbonyl (C=O) groups is 1. The highest BCUT2D eigenvalue weighted by Gasteiger charge is 2.28. The van der Waals surface area contributed by atoms with Crippen molar-refractivity contribution in [3.8, 4) is 0 Å². The molecule has 1 aromatic heterocycles. The molecule has 0 radical (unpaired) electrons. The molecule has 1 unspecified atom stereocenters. The van der Waals surface area contributed by atoms with Crippen molar-refractivity contribution in [3.05, 3.63) is 47.3 Å². The number of rotatable bonds is 10. The predicted molar refractivity (Wildman–Crippen MR) is 111 cm³/mol. The summed E-state index contributed by atoms with van der Waals surface area (Å²) in [5.74, 6) is -0.207. The van der Waals surface area contributed by atoms with Crippen molar-refractivity contribution in [1.82, 2.24) is 20.1 Å². The maximum atomic E-state index is 12.6. The third kappa shape index (κ3) is 5.65. The van der Waals surface area contributed by atoms with E-state index in [0.717, 1.165) is 18.7 Å². The molecule has 0 aliphatic rings. The second-order valence-corrected chi connectivity index (χ2v) is 8.54. The number of likely N-dealkylation sites (N-methyl/N-ethyl adjacent to an activating group) is 1. The van der Waals surface area contributed by atoms with E-state index in [0.29, 0.717) is 6.54 Å². The van der Waals surface area contributed by atoms with E-state index in [1.807, 2.05) is 30.3 Å². The second-order valence-electron chi connectivity index (χ2n) is 6.89. The van der Waals surface area contributed by atoms with Crippen LogP contribution in [0, 0.1) is 13.8 Å². The van der Waals surface area contributed by atoms with Crippen LogP contribution in [0.1, 0.15) is 43.8 Å². The zero-order valence-electron chi connectivity index (χ0n) is 17.6. The SMILES string of the molecule is CCN(CC)C(CNC(=O)[C@H](C)NS(=O)(=O)c1c(C)noc1C)c1ccccc1. The third-order valence-corrected chi connectivity index (χ3v) is 6.65. The molecule has 2 rings (SSSR count). The first-order valence-electron chi connectivity index (χ1n) is 9.73. The number of nitrogens with one attached hydrogen (secondary N) is 2. The van der Waals surface area contributed by atoms with Crippen molar-refractivity contribution in [2.75, 3.05) is 19.6 Å². The molecule has 2 aromatic rings. The quantitative estimate of drug-likeness (QED) is 0.608. The smallest absolute Gasteiger partial charge is 0.246 e. The standard InChI is InChI=1S/C20H30N4O4S/c1-6-24(7-2)18(17-11-9-8-10-12-17)13-21-20(25)15(4)23-29(26,27)19-14(3)22-28-16(19)5/h8-12,15,18,23H,6-7,13H2,1-5H3,(H,21,25)/t15-,18?/m0/s1. The van der Waals surface area contributed by atoms with E-state index in [2.05, 4.69) is 33.9 Å². The van der Waals surface area contributed by atoms with Gasteiger partial charge in [0.2, 0.25) is 15.9 Å². The molecule has 2 N–H and O–H groups in total. The summed E-state index contributed by atoms with van der Waals surface area (Å²) in [6.07, 6.45) is 0. The van der Waals surface area contributed by atoms with Gasteiger partial charge in [0.1, 0.15) is 10.6 Å². The van der Waals surface area contributed by atoms with Gasteiger partial charge >= 0.3 is 0 Å². The average molecular weight is 423 g/mol. The third-order valence-electron chi connectivity index (χ3n) is 4.87. The van der Waals surface area contributed by atoms with Crippen molar-refractivity contribution < 1.29 is 17.7 Å². The fourth-order valence-electron chi connectivity index (χ4n) is 3.35. The molecule has 0 saturated heterocycles. The summed E-state index contributed by atoms with van der Waals surface area (Å²) in [5, 5.41) is 6.55. The molecule has 0 spiro atoms. The Hall–Kier alpha value is -2.23. The molecule has 0 bridgehead atoms. The summed E-state index contributed by atoms with van der Waals surface area (Å²) in [4.78, 5) is 14.8. The van der Waals surface area contributed by atoms with E-state index in [1.165, 1.54) is 13.8 Å². The van der Waals surface area contributed by atoms with Crippen molar-refractivity contribution in [2.45, 2.75) is 51.6 Å². The minimum Gasteiger partial charge on any atom is -0.360 e. The Morgan fingerprint density at radius 1 is 1.17 bits per heavy atom. The second kappa shape index (κ2) is 10.00. The summed E-state index contributed by atoms with van der Waals surface area (Å²) >= 11 is 0. The van der Waals surface area contributed by atoms with Crippen molar-refractivity contribution >= 4 is 15.9 Å². The number of hydrogen-bond donors (Lipinski definition) is 2. The topological polar surface area (TPSA) is 105 Å². The van der Waals surface area contributed by atoms with E-state index in [1.54, 1.807) is 6.92 Å². The van der Waals surface area contributed by atoms with Gasteiger partial charge in [0, 0.05) is 6.54 Å². The van der Waals surface area contributed by atoms with E-state index in [-0.39, 0.29) is 22.4 Å². The highest BCUT2D eigenvalue weighted by Crippen LogP contribution is 2.20. The lowest BCUT2D eigenvalue weighted by Crippen LogP contribution is -2.47. The highest BCUT2D eigenvalue weighted by molar-refractivity contribution is 7.89. The summed E-state index contributed by atoms with van der Waals surface area (Å²) < 4.78 is 32.6.